The van der Waals surface area contributed by atoms with Crippen molar-refractivity contribution in [3.05, 3.63) is 119 Å². The second-order valence-electron chi connectivity index (χ2n) is 9.58. The zero-order valence-corrected chi connectivity index (χ0v) is 23.3. The van der Waals surface area contributed by atoms with Crippen molar-refractivity contribution in [1.29, 1.82) is 0 Å². The summed E-state index contributed by atoms with van der Waals surface area (Å²) in [4.78, 5) is 33.9. The van der Waals surface area contributed by atoms with Crippen molar-refractivity contribution in [2.45, 2.75) is 31.9 Å². The summed E-state index contributed by atoms with van der Waals surface area (Å²) < 4.78 is 5.20. The number of hydrogen-bond acceptors (Lipinski definition) is 8. The number of ether oxygens (including phenoxy) is 1. The maximum absolute atomic E-state index is 12.2. The molecule has 0 unspecified atom stereocenters. The van der Waals surface area contributed by atoms with Gasteiger partial charge in [-0.05, 0) is 49.1 Å². The number of thiazole rings is 1. The lowest BCUT2D eigenvalue weighted by Crippen LogP contribution is -2.38. The molecule has 7 nitrogen and oxygen atoms in total. The van der Waals surface area contributed by atoms with E-state index in [0.29, 0.717) is 5.13 Å². The molecule has 0 radical (unpaired) electrons. The number of hydrogen-bond donors (Lipinski definition) is 1. The lowest BCUT2D eigenvalue weighted by Gasteiger charge is -2.36. The fraction of sp³-hybridized carbons (Fsp3) is 0.200. The average molecular weight is 562 g/mol. The number of aromatic nitrogens is 1. The second-order valence-corrected chi connectivity index (χ2v) is 10.8. The van der Waals surface area contributed by atoms with Crippen molar-refractivity contribution in [2.75, 3.05) is 11.9 Å². The number of nitrogens with zero attached hydrogens (tertiary/aromatic N) is 2. The smallest absolute Gasteiger partial charge is 0.347 e. The predicted octanol–water partition coefficient (Wildman–Crippen LogP) is 6.37. The molecule has 0 aliphatic rings. The van der Waals surface area contributed by atoms with Crippen molar-refractivity contribution in [3.63, 3.8) is 0 Å². The standard InChI is InChI=1S/C30H28ClN3O4S/c1-29(2,3)38-25(35)19-37-34-26(27(31)36)24-20-39-28(32-24)33-30(21-13-7-4-8-14-21,22-15-9-5-10-16-22)23-17-11-6-12-18-23/h4-18,20H,19H2,1-3H3,(H,32,33)/b34-26-. The average Bonchev–Trinajstić information content (AvgIpc) is 3.38. The first kappa shape index (κ1) is 28.0. The number of oxime groups is 1. The van der Waals surface area contributed by atoms with E-state index in [1.165, 1.54) is 11.3 Å². The molecular weight excluding hydrogens is 534 g/mol. The fourth-order valence-corrected chi connectivity index (χ4v) is 4.97. The van der Waals surface area contributed by atoms with Gasteiger partial charge in [-0.3, -0.25) is 4.79 Å². The summed E-state index contributed by atoms with van der Waals surface area (Å²) in [6, 6.07) is 30.2. The highest BCUT2D eigenvalue weighted by atomic mass is 35.5. The van der Waals surface area contributed by atoms with E-state index in [1.807, 2.05) is 54.6 Å². The summed E-state index contributed by atoms with van der Waals surface area (Å²) in [7, 11) is 0. The molecule has 0 saturated carbocycles. The second kappa shape index (κ2) is 12.2. The van der Waals surface area contributed by atoms with E-state index in [2.05, 4.69) is 51.9 Å². The number of anilines is 1. The van der Waals surface area contributed by atoms with Gasteiger partial charge in [-0.25, -0.2) is 9.78 Å². The molecule has 1 heterocycles. The molecule has 39 heavy (non-hydrogen) atoms. The predicted molar refractivity (Wildman–Crippen MR) is 154 cm³/mol. The lowest BCUT2D eigenvalue weighted by atomic mass is 9.77. The highest BCUT2D eigenvalue weighted by Crippen LogP contribution is 2.40. The minimum absolute atomic E-state index is 0.214. The van der Waals surface area contributed by atoms with E-state index >= 15 is 0 Å². The maximum atomic E-state index is 12.2. The molecule has 3 aromatic carbocycles. The third-order valence-electron chi connectivity index (χ3n) is 5.61. The van der Waals surface area contributed by atoms with Crippen molar-refractivity contribution in [3.8, 4) is 0 Å². The molecule has 0 spiro atoms. The first-order valence-electron chi connectivity index (χ1n) is 12.2. The van der Waals surface area contributed by atoms with Gasteiger partial charge in [0.15, 0.2) is 10.8 Å². The summed E-state index contributed by atoms with van der Waals surface area (Å²) in [5, 5.41) is 8.76. The van der Waals surface area contributed by atoms with Crippen LogP contribution in [-0.4, -0.2) is 34.1 Å². The molecule has 0 aliphatic carbocycles. The molecule has 0 atom stereocenters. The van der Waals surface area contributed by atoms with Gasteiger partial charge in [0, 0.05) is 5.38 Å². The largest absolute Gasteiger partial charge is 0.457 e. The number of esters is 1. The Labute approximate surface area is 236 Å². The van der Waals surface area contributed by atoms with Crippen LogP contribution in [0, 0.1) is 0 Å². The van der Waals surface area contributed by atoms with E-state index < -0.39 is 29.0 Å². The van der Waals surface area contributed by atoms with Crippen LogP contribution in [0.3, 0.4) is 0 Å². The summed E-state index contributed by atoms with van der Waals surface area (Å²) in [6.07, 6.45) is 0. The van der Waals surface area contributed by atoms with Crippen LogP contribution >= 0.6 is 22.9 Å². The maximum Gasteiger partial charge on any atom is 0.347 e. The van der Waals surface area contributed by atoms with E-state index in [4.69, 9.17) is 21.2 Å². The van der Waals surface area contributed by atoms with Crippen molar-refractivity contribution in [2.24, 2.45) is 5.16 Å². The Morgan fingerprint density at radius 3 is 1.79 bits per heavy atom. The van der Waals surface area contributed by atoms with Crippen LogP contribution in [0.25, 0.3) is 0 Å². The summed E-state index contributed by atoms with van der Waals surface area (Å²) >= 11 is 7.10. The van der Waals surface area contributed by atoms with Crippen LogP contribution in [0.2, 0.25) is 0 Å². The molecule has 9 heteroatoms. The summed E-state index contributed by atoms with van der Waals surface area (Å²) in [5.41, 5.74) is 1.54. The molecule has 1 aromatic heterocycles. The molecule has 4 rings (SSSR count). The van der Waals surface area contributed by atoms with E-state index in [-0.39, 0.29) is 11.4 Å². The highest BCUT2D eigenvalue weighted by molar-refractivity contribution is 7.14. The highest BCUT2D eigenvalue weighted by Gasteiger charge is 2.37. The topological polar surface area (TPSA) is 89.9 Å². The van der Waals surface area contributed by atoms with Crippen molar-refractivity contribution < 1.29 is 19.2 Å². The van der Waals surface area contributed by atoms with Crippen LogP contribution in [0.4, 0.5) is 5.13 Å². The molecule has 0 saturated heterocycles. The Morgan fingerprint density at radius 1 is 0.872 bits per heavy atom. The van der Waals surface area contributed by atoms with Crippen LogP contribution in [-0.2, 0) is 24.7 Å². The van der Waals surface area contributed by atoms with Crippen LogP contribution < -0.4 is 5.32 Å². The van der Waals surface area contributed by atoms with Crippen LogP contribution in [0.1, 0.15) is 43.2 Å². The quantitative estimate of drug-likeness (QED) is 0.0795. The van der Waals surface area contributed by atoms with Crippen LogP contribution in [0.5, 0.6) is 0 Å². The monoisotopic (exact) mass is 561 g/mol. The fourth-order valence-electron chi connectivity index (χ4n) is 4.09. The lowest BCUT2D eigenvalue weighted by molar-refractivity contribution is -0.160. The van der Waals surface area contributed by atoms with Gasteiger partial charge in [0.25, 0.3) is 5.24 Å². The Bertz CT molecular complexity index is 1340. The number of halogens is 1. The van der Waals surface area contributed by atoms with E-state index in [9.17, 15) is 9.59 Å². The molecular formula is C30H28ClN3O4S. The Morgan fingerprint density at radius 2 is 1.36 bits per heavy atom. The van der Waals surface area contributed by atoms with Gasteiger partial charge in [0.2, 0.25) is 6.61 Å². The van der Waals surface area contributed by atoms with Gasteiger partial charge in [0.05, 0.1) is 0 Å². The Balaban J connectivity index is 1.70. The van der Waals surface area contributed by atoms with Crippen LogP contribution in [0.15, 0.2) is 102 Å². The van der Waals surface area contributed by atoms with E-state index in [0.717, 1.165) is 16.7 Å². The third-order valence-corrected chi connectivity index (χ3v) is 6.54. The first-order valence-corrected chi connectivity index (χ1v) is 13.5. The third kappa shape index (κ3) is 6.90. The number of carbonyl (C=O) groups excluding carboxylic acids is 2. The van der Waals surface area contributed by atoms with Gasteiger partial charge >= 0.3 is 5.97 Å². The normalized spacial score (nSPS) is 12.1. The van der Waals surface area contributed by atoms with Gasteiger partial charge in [-0.15, -0.1) is 11.3 Å². The van der Waals surface area contributed by atoms with Gasteiger partial charge in [-0.2, -0.15) is 0 Å². The van der Waals surface area contributed by atoms with E-state index in [1.54, 1.807) is 26.2 Å². The molecule has 0 aliphatic heterocycles. The molecule has 0 bridgehead atoms. The molecule has 0 amide bonds. The summed E-state index contributed by atoms with van der Waals surface area (Å²) in [6.45, 7) is 4.75. The molecule has 1 N–H and O–H groups in total. The first-order chi connectivity index (χ1) is 18.7. The molecule has 4 aromatic rings. The minimum atomic E-state index is -0.864. The Kier molecular flexibility index (Phi) is 8.79. The zero-order valence-electron chi connectivity index (χ0n) is 21.8. The number of benzene rings is 3. The molecule has 200 valence electrons. The molecule has 0 fully saturated rings. The number of rotatable bonds is 10. The minimum Gasteiger partial charge on any atom is -0.457 e. The van der Waals surface area contributed by atoms with Crippen molar-refractivity contribution >= 4 is 45.0 Å². The number of nitrogens with one attached hydrogen (secondary N) is 1. The van der Waals surface area contributed by atoms with Gasteiger partial charge in [0.1, 0.15) is 16.8 Å². The van der Waals surface area contributed by atoms with Gasteiger partial charge in [-0.1, -0.05) is 96.2 Å². The van der Waals surface area contributed by atoms with Gasteiger partial charge < -0.3 is 14.9 Å². The SMILES string of the molecule is CC(C)(C)OC(=O)CO/N=C(\C(=O)Cl)c1csc(NC(c2ccccc2)(c2ccccc2)c2ccccc2)n1. The summed E-state index contributed by atoms with van der Waals surface area (Å²) in [5.74, 6) is -0.619. The zero-order chi connectivity index (χ0) is 27.9. The Hall–Kier alpha value is -4.01. The van der Waals surface area contributed by atoms with Crippen molar-refractivity contribution in [1.82, 2.24) is 4.98 Å². The number of carbonyl (C=O) groups is 2.